The maximum absolute atomic E-state index is 12.7. The highest BCUT2D eigenvalue weighted by Gasteiger charge is 2.32. The molecule has 3 aromatic rings. The molecule has 0 saturated heterocycles. The summed E-state index contributed by atoms with van der Waals surface area (Å²) in [6.07, 6.45) is 1.15. The van der Waals surface area contributed by atoms with E-state index in [4.69, 9.17) is 5.73 Å². The van der Waals surface area contributed by atoms with Gasteiger partial charge in [0.1, 0.15) is 11.6 Å². The second-order valence-corrected chi connectivity index (χ2v) is 8.49. The van der Waals surface area contributed by atoms with Gasteiger partial charge in [0.2, 0.25) is 5.95 Å². The van der Waals surface area contributed by atoms with Gasteiger partial charge in [-0.3, -0.25) is 0 Å². The van der Waals surface area contributed by atoms with Gasteiger partial charge >= 0.3 is 6.36 Å². The number of halogens is 3. The zero-order valence-electron chi connectivity index (χ0n) is 18.7. The molecule has 9 heteroatoms. The number of benzene rings is 2. The second kappa shape index (κ2) is 10.7. The van der Waals surface area contributed by atoms with E-state index in [1.165, 1.54) is 12.1 Å². The summed E-state index contributed by atoms with van der Waals surface area (Å²) < 4.78 is 42.3. The third-order valence-electron chi connectivity index (χ3n) is 5.96. The van der Waals surface area contributed by atoms with Crippen molar-refractivity contribution in [3.05, 3.63) is 66.4 Å². The van der Waals surface area contributed by atoms with E-state index in [0.717, 1.165) is 43.4 Å². The maximum atomic E-state index is 12.7. The normalized spacial score (nSPS) is 18.4. The number of ether oxygens (including phenoxy) is 1. The van der Waals surface area contributed by atoms with E-state index in [1.807, 2.05) is 30.3 Å². The Morgan fingerprint density at radius 2 is 1.65 bits per heavy atom. The summed E-state index contributed by atoms with van der Waals surface area (Å²) in [4.78, 5) is 9.04. The van der Waals surface area contributed by atoms with Gasteiger partial charge in [-0.1, -0.05) is 48.5 Å². The Morgan fingerprint density at radius 3 is 2.38 bits per heavy atom. The first-order chi connectivity index (χ1) is 16.4. The summed E-state index contributed by atoms with van der Waals surface area (Å²) >= 11 is 0. The monoisotopic (exact) mass is 471 g/mol. The van der Waals surface area contributed by atoms with Crippen LogP contribution in [0, 0.1) is 5.92 Å². The summed E-state index contributed by atoms with van der Waals surface area (Å²) in [7, 11) is 0. The topological polar surface area (TPSA) is 85.1 Å². The first kappa shape index (κ1) is 23.8. The lowest BCUT2D eigenvalue weighted by Crippen LogP contribution is -2.29. The number of para-hydroxylation sites is 1. The van der Waals surface area contributed by atoms with Crippen molar-refractivity contribution >= 4 is 11.8 Å². The van der Waals surface area contributed by atoms with Crippen molar-refractivity contribution in [3.63, 3.8) is 0 Å². The van der Waals surface area contributed by atoms with E-state index in [0.29, 0.717) is 23.2 Å². The van der Waals surface area contributed by atoms with Crippen molar-refractivity contribution in [2.75, 3.05) is 17.2 Å². The fourth-order valence-corrected chi connectivity index (χ4v) is 4.11. The lowest BCUT2D eigenvalue weighted by atomic mass is 9.86. The van der Waals surface area contributed by atoms with Gasteiger partial charge in [0.25, 0.3) is 0 Å². The predicted molar refractivity (Wildman–Crippen MR) is 126 cm³/mol. The molecule has 1 aromatic heterocycles. The molecule has 1 heterocycles. The van der Waals surface area contributed by atoms with Gasteiger partial charge in [0, 0.05) is 36.5 Å². The Morgan fingerprint density at radius 1 is 0.941 bits per heavy atom. The van der Waals surface area contributed by atoms with Gasteiger partial charge in [-0.25, -0.2) is 4.98 Å². The number of hydrogen-bond donors (Lipinski definition) is 3. The largest absolute Gasteiger partial charge is 0.573 e. The molecule has 4 rings (SSSR count). The van der Waals surface area contributed by atoms with Crippen LogP contribution in [-0.2, 0) is 6.54 Å². The van der Waals surface area contributed by atoms with Crippen LogP contribution in [0.15, 0.2) is 60.8 Å². The molecule has 0 amide bonds. The number of alkyl halides is 3. The average molecular weight is 472 g/mol. The number of nitrogens with two attached hydrogens (primary N) is 1. The minimum atomic E-state index is -4.76. The molecule has 34 heavy (non-hydrogen) atoms. The van der Waals surface area contributed by atoms with Crippen LogP contribution in [0.5, 0.6) is 5.75 Å². The van der Waals surface area contributed by atoms with E-state index in [1.54, 1.807) is 18.3 Å². The molecule has 1 fully saturated rings. The molecule has 0 aliphatic heterocycles. The predicted octanol–water partition coefficient (Wildman–Crippen LogP) is 5.58. The number of nitrogens with one attached hydrogen (secondary N) is 2. The number of rotatable bonds is 8. The van der Waals surface area contributed by atoms with Gasteiger partial charge < -0.3 is 21.1 Å². The standard InChI is InChI=1S/C25H28F3N5O/c26-25(27,28)34-22-9-5-4-8-19(22)15-31-24-32-16-21(18-6-2-1-3-7-18)23(33-24)30-14-17-10-12-20(29)13-11-17/h1-9,16-17,20H,10-15,29H2,(H2,30,31,32,33)/t17-,20-. The smallest absolute Gasteiger partial charge is 0.405 e. The summed E-state index contributed by atoms with van der Waals surface area (Å²) in [5.41, 5.74) is 8.22. The van der Waals surface area contributed by atoms with Gasteiger partial charge in [-0.2, -0.15) is 4.98 Å². The van der Waals surface area contributed by atoms with Crippen LogP contribution >= 0.6 is 0 Å². The first-order valence-electron chi connectivity index (χ1n) is 11.4. The lowest BCUT2D eigenvalue weighted by Gasteiger charge is -2.26. The summed E-state index contributed by atoms with van der Waals surface area (Å²) in [6.45, 7) is 0.849. The van der Waals surface area contributed by atoms with Gasteiger partial charge in [0.05, 0.1) is 0 Å². The SMILES string of the molecule is N[C@H]1CC[C@H](CNc2nc(NCc3ccccc3OC(F)(F)F)ncc2-c2ccccc2)CC1. The Labute approximate surface area is 196 Å². The molecule has 4 N–H and O–H groups in total. The molecule has 0 radical (unpaired) electrons. The molecule has 0 atom stereocenters. The van der Waals surface area contributed by atoms with E-state index < -0.39 is 6.36 Å². The van der Waals surface area contributed by atoms with Crippen molar-refractivity contribution in [2.24, 2.45) is 11.7 Å². The molecule has 1 aliphatic rings. The highest BCUT2D eigenvalue weighted by Crippen LogP contribution is 2.30. The van der Waals surface area contributed by atoms with Crippen LogP contribution in [0.4, 0.5) is 24.9 Å². The number of hydrogen-bond acceptors (Lipinski definition) is 6. The molecular weight excluding hydrogens is 443 g/mol. The van der Waals surface area contributed by atoms with E-state index in [9.17, 15) is 13.2 Å². The highest BCUT2D eigenvalue weighted by molar-refractivity contribution is 5.75. The molecule has 1 saturated carbocycles. The maximum Gasteiger partial charge on any atom is 0.573 e. The van der Waals surface area contributed by atoms with Crippen LogP contribution in [0.3, 0.4) is 0 Å². The zero-order chi connectivity index (χ0) is 24.0. The summed E-state index contributed by atoms with van der Waals surface area (Å²) in [6, 6.07) is 16.1. The Bertz CT molecular complexity index is 1070. The third-order valence-corrected chi connectivity index (χ3v) is 5.96. The minimum Gasteiger partial charge on any atom is -0.405 e. The van der Waals surface area contributed by atoms with Crippen molar-refractivity contribution in [1.29, 1.82) is 0 Å². The van der Waals surface area contributed by atoms with Crippen LogP contribution < -0.4 is 21.1 Å². The minimum absolute atomic E-state index is 0.0802. The fraction of sp³-hybridized carbons (Fsp3) is 0.360. The Hall–Kier alpha value is -3.33. The zero-order valence-corrected chi connectivity index (χ0v) is 18.7. The molecule has 180 valence electrons. The lowest BCUT2D eigenvalue weighted by molar-refractivity contribution is -0.274. The van der Waals surface area contributed by atoms with Gasteiger partial charge in [-0.15, -0.1) is 13.2 Å². The molecule has 6 nitrogen and oxygen atoms in total. The molecule has 0 spiro atoms. The van der Waals surface area contributed by atoms with Crippen LogP contribution in [0.2, 0.25) is 0 Å². The molecule has 0 unspecified atom stereocenters. The molecule has 0 bridgehead atoms. The van der Waals surface area contributed by atoms with Crippen molar-refractivity contribution in [2.45, 2.75) is 44.6 Å². The van der Waals surface area contributed by atoms with Crippen molar-refractivity contribution < 1.29 is 17.9 Å². The summed E-state index contributed by atoms with van der Waals surface area (Å²) in [5.74, 6) is 1.26. The Kier molecular flexibility index (Phi) is 7.52. The van der Waals surface area contributed by atoms with E-state index in [2.05, 4.69) is 25.3 Å². The van der Waals surface area contributed by atoms with Crippen molar-refractivity contribution in [1.82, 2.24) is 9.97 Å². The molecule has 1 aliphatic carbocycles. The van der Waals surface area contributed by atoms with E-state index >= 15 is 0 Å². The van der Waals surface area contributed by atoms with Crippen molar-refractivity contribution in [3.8, 4) is 16.9 Å². The Balaban J connectivity index is 1.51. The first-order valence-corrected chi connectivity index (χ1v) is 11.4. The van der Waals surface area contributed by atoms with Gasteiger partial charge in [-0.05, 0) is 43.2 Å². The van der Waals surface area contributed by atoms with Crippen LogP contribution in [-0.4, -0.2) is 28.9 Å². The van der Waals surface area contributed by atoms with Crippen LogP contribution in [0.1, 0.15) is 31.2 Å². The van der Waals surface area contributed by atoms with Gasteiger partial charge in [0.15, 0.2) is 0 Å². The quantitative estimate of drug-likeness (QED) is 0.398. The third kappa shape index (κ3) is 6.60. The number of anilines is 2. The molecule has 2 aromatic carbocycles. The number of nitrogens with zero attached hydrogens (tertiary/aromatic N) is 2. The van der Waals surface area contributed by atoms with Crippen LogP contribution in [0.25, 0.3) is 11.1 Å². The fourth-order valence-electron chi connectivity index (χ4n) is 4.11. The average Bonchev–Trinajstić information content (AvgIpc) is 2.83. The molecular formula is C25H28F3N5O. The highest BCUT2D eigenvalue weighted by atomic mass is 19.4. The second-order valence-electron chi connectivity index (χ2n) is 8.49. The van der Waals surface area contributed by atoms with E-state index in [-0.39, 0.29) is 18.3 Å². The summed E-state index contributed by atoms with van der Waals surface area (Å²) in [5, 5.41) is 6.50. The number of aromatic nitrogens is 2.